The SMILES string of the molecule is OCC1CC2OC2C1O. The smallest absolute Gasteiger partial charge is 0.110 e. The minimum atomic E-state index is -0.403. The fourth-order valence-corrected chi connectivity index (χ4v) is 1.54. The van der Waals surface area contributed by atoms with Crippen molar-refractivity contribution in [3.05, 3.63) is 0 Å². The molecule has 4 unspecified atom stereocenters. The van der Waals surface area contributed by atoms with Crippen LogP contribution in [0.25, 0.3) is 0 Å². The van der Waals surface area contributed by atoms with Gasteiger partial charge in [0.1, 0.15) is 6.10 Å². The van der Waals surface area contributed by atoms with Crippen LogP contribution in [0.4, 0.5) is 0 Å². The number of hydrogen-bond donors (Lipinski definition) is 2. The first kappa shape index (κ1) is 5.65. The van der Waals surface area contributed by atoms with Crippen molar-refractivity contribution in [3.8, 4) is 0 Å². The molecule has 0 amide bonds. The van der Waals surface area contributed by atoms with E-state index in [1.54, 1.807) is 0 Å². The standard InChI is InChI=1S/C6H10O3/c7-2-3-1-4-6(9-4)5(3)8/h3-8H,1-2H2. The van der Waals surface area contributed by atoms with E-state index in [4.69, 9.17) is 9.84 Å². The Hall–Kier alpha value is -0.120. The topological polar surface area (TPSA) is 53.0 Å². The van der Waals surface area contributed by atoms with Crippen LogP contribution in [-0.2, 0) is 4.74 Å². The second kappa shape index (κ2) is 1.68. The van der Waals surface area contributed by atoms with E-state index in [9.17, 15) is 5.11 Å². The normalized spacial score (nSPS) is 55.3. The number of ether oxygens (including phenoxy) is 1. The van der Waals surface area contributed by atoms with Crippen molar-refractivity contribution < 1.29 is 14.9 Å². The summed E-state index contributed by atoms with van der Waals surface area (Å²) in [5.74, 6) is 0.0775. The van der Waals surface area contributed by atoms with Crippen LogP contribution in [0.2, 0.25) is 0 Å². The van der Waals surface area contributed by atoms with Gasteiger partial charge in [-0.25, -0.2) is 0 Å². The first-order valence-electron chi connectivity index (χ1n) is 3.27. The second-order valence-corrected chi connectivity index (χ2v) is 2.81. The van der Waals surface area contributed by atoms with Crippen LogP contribution < -0.4 is 0 Å². The molecule has 1 saturated heterocycles. The molecule has 3 nitrogen and oxygen atoms in total. The zero-order valence-electron chi connectivity index (χ0n) is 5.03. The molecule has 4 atom stereocenters. The van der Waals surface area contributed by atoms with Gasteiger partial charge in [-0.2, -0.15) is 0 Å². The van der Waals surface area contributed by atoms with Crippen LogP contribution in [0.1, 0.15) is 6.42 Å². The van der Waals surface area contributed by atoms with Crippen LogP contribution in [0.15, 0.2) is 0 Å². The lowest BCUT2D eigenvalue weighted by atomic mass is 10.1. The van der Waals surface area contributed by atoms with E-state index < -0.39 is 6.10 Å². The summed E-state index contributed by atoms with van der Waals surface area (Å²) in [6, 6.07) is 0. The molecule has 0 aromatic rings. The van der Waals surface area contributed by atoms with Crippen LogP contribution in [0.3, 0.4) is 0 Å². The molecular weight excluding hydrogens is 120 g/mol. The number of epoxide rings is 1. The first-order valence-corrected chi connectivity index (χ1v) is 3.27. The third-order valence-corrected chi connectivity index (χ3v) is 2.21. The molecule has 0 bridgehead atoms. The molecule has 1 heterocycles. The van der Waals surface area contributed by atoms with Crippen molar-refractivity contribution in [2.24, 2.45) is 5.92 Å². The molecule has 9 heavy (non-hydrogen) atoms. The third kappa shape index (κ3) is 0.689. The van der Waals surface area contributed by atoms with Crippen LogP contribution in [-0.4, -0.2) is 35.1 Å². The molecule has 0 radical (unpaired) electrons. The van der Waals surface area contributed by atoms with Crippen molar-refractivity contribution in [2.75, 3.05) is 6.61 Å². The highest BCUT2D eigenvalue weighted by Gasteiger charge is 2.54. The second-order valence-electron chi connectivity index (χ2n) is 2.81. The van der Waals surface area contributed by atoms with E-state index in [0.717, 1.165) is 6.42 Å². The predicted octanol–water partition coefficient (Wildman–Crippen LogP) is -0.873. The van der Waals surface area contributed by atoms with Crippen LogP contribution >= 0.6 is 0 Å². The number of hydrogen-bond acceptors (Lipinski definition) is 3. The largest absolute Gasteiger partial charge is 0.396 e. The van der Waals surface area contributed by atoms with Gasteiger partial charge in [-0.15, -0.1) is 0 Å². The molecule has 3 heteroatoms. The maximum Gasteiger partial charge on any atom is 0.110 e. The van der Waals surface area contributed by atoms with E-state index in [-0.39, 0.29) is 24.7 Å². The van der Waals surface area contributed by atoms with Gasteiger partial charge in [-0.05, 0) is 6.42 Å². The fourth-order valence-electron chi connectivity index (χ4n) is 1.54. The summed E-state index contributed by atoms with van der Waals surface area (Å²) in [5.41, 5.74) is 0. The molecule has 1 aliphatic carbocycles. The molecule has 52 valence electrons. The maximum absolute atomic E-state index is 9.21. The molecule has 0 spiro atoms. The Balaban J connectivity index is 1.99. The Bertz CT molecular complexity index is 125. The molecule has 0 aromatic heterocycles. The molecule has 2 rings (SSSR count). The van der Waals surface area contributed by atoms with E-state index >= 15 is 0 Å². The van der Waals surface area contributed by atoms with Gasteiger partial charge in [0.05, 0.1) is 12.2 Å². The lowest BCUT2D eigenvalue weighted by Crippen LogP contribution is -2.23. The number of aliphatic hydroxyl groups excluding tert-OH is 2. The summed E-state index contributed by atoms with van der Waals surface area (Å²) in [4.78, 5) is 0. The highest BCUT2D eigenvalue weighted by molar-refractivity contribution is 5.02. The molecule has 1 saturated carbocycles. The zero-order valence-corrected chi connectivity index (χ0v) is 5.03. The summed E-state index contributed by atoms with van der Waals surface area (Å²) >= 11 is 0. The minimum absolute atomic E-state index is 0.0575. The Morgan fingerprint density at radius 1 is 1.56 bits per heavy atom. The lowest BCUT2D eigenvalue weighted by Gasteiger charge is -2.12. The maximum atomic E-state index is 9.21. The van der Waals surface area contributed by atoms with Crippen LogP contribution in [0.5, 0.6) is 0 Å². The van der Waals surface area contributed by atoms with Gasteiger partial charge < -0.3 is 14.9 Å². The lowest BCUT2D eigenvalue weighted by molar-refractivity contribution is 0.0397. The van der Waals surface area contributed by atoms with Crippen LogP contribution in [0, 0.1) is 5.92 Å². The van der Waals surface area contributed by atoms with Gasteiger partial charge in [0, 0.05) is 12.5 Å². The Kier molecular flexibility index (Phi) is 1.06. The van der Waals surface area contributed by atoms with Gasteiger partial charge in [0.2, 0.25) is 0 Å². The molecule has 2 aliphatic rings. The third-order valence-electron chi connectivity index (χ3n) is 2.21. The van der Waals surface area contributed by atoms with Gasteiger partial charge in [-0.1, -0.05) is 0 Å². The number of rotatable bonds is 1. The molecule has 1 aliphatic heterocycles. The van der Waals surface area contributed by atoms with Crippen molar-refractivity contribution in [3.63, 3.8) is 0 Å². The summed E-state index contributed by atoms with van der Waals surface area (Å²) in [6.07, 6.45) is 0.752. The Labute approximate surface area is 53.3 Å². The van der Waals surface area contributed by atoms with Crippen molar-refractivity contribution >= 4 is 0 Å². The molecule has 2 N–H and O–H groups in total. The molecule has 2 fully saturated rings. The highest BCUT2D eigenvalue weighted by Crippen LogP contribution is 2.41. The van der Waals surface area contributed by atoms with E-state index in [1.165, 1.54) is 0 Å². The Morgan fingerprint density at radius 3 is 2.67 bits per heavy atom. The molecule has 0 aromatic carbocycles. The van der Waals surface area contributed by atoms with Crippen molar-refractivity contribution in [1.29, 1.82) is 0 Å². The number of fused-ring (bicyclic) bond motifs is 1. The summed E-state index contributed by atoms with van der Waals surface area (Å²) in [6.45, 7) is 0.0948. The minimum Gasteiger partial charge on any atom is -0.396 e. The predicted molar refractivity (Wildman–Crippen MR) is 29.9 cm³/mol. The Morgan fingerprint density at radius 2 is 2.33 bits per heavy atom. The highest BCUT2D eigenvalue weighted by atomic mass is 16.6. The first-order chi connectivity index (χ1) is 4.33. The average molecular weight is 130 g/mol. The van der Waals surface area contributed by atoms with E-state index in [1.807, 2.05) is 0 Å². The fraction of sp³-hybridized carbons (Fsp3) is 1.00. The average Bonchev–Trinajstić information content (AvgIpc) is 2.55. The summed E-state index contributed by atoms with van der Waals surface area (Å²) in [5, 5.41) is 17.9. The van der Waals surface area contributed by atoms with Gasteiger partial charge in [-0.3, -0.25) is 0 Å². The van der Waals surface area contributed by atoms with E-state index in [0.29, 0.717) is 0 Å². The van der Waals surface area contributed by atoms with Gasteiger partial charge in [0.25, 0.3) is 0 Å². The number of aliphatic hydroxyl groups is 2. The summed E-state index contributed by atoms with van der Waals surface area (Å²) in [7, 11) is 0. The monoisotopic (exact) mass is 130 g/mol. The zero-order chi connectivity index (χ0) is 6.43. The van der Waals surface area contributed by atoms with Gasteiger partial charge >= 0.3 is 0 Å². The summed E-state index contributed by atoms with van der Waals surface area (Å²) < 4.78 is 5.04. The van der Waals surface area contributed by atoms with Crippen molar-refractivity contribution in [2.45, 2.75) is 24.7 Å². The molecular formula is C6H10O3. The van der Waals surface area contributed by atoms with Crippen molar-refractivity contribution in [1.82, 2.24) is 0 Å². The van der Waals surface area contributed by atoms with E-state index in [2.05, 4.69) is 0 Å². The van der Waals surface area contributed by atoms with Gasteiger partial charge in [0.15, 0.2) is 0 Å². The quantitative estimate of drug-likeness (QED) is 0.453.